The van der Waals surface area contributed by atoms with Crippen molar-refractivity contribution >= 4 is 0 Å². The summed E-state index contributed by atoms with van der Waals surface area (Å²) < 4.78 is 0. The molecular formula is C59H122N2. The minimum absolute atomic E-state index is 0.690. The van der Waals surface area contributed by atoms with E-state index in [9.17, 15) is 0 Å². The lowest BCUT2D eigenvalue weighted by Gasteiger charge is -2.34. The standard InChI is InChI=1S/C59H122N2/c1-6-10-14-18-22-26-30-34-38-42-46-50-54-60(55-51-47-43-39-35-31-27-23-19-15-11-7-2)58-59(5)61(56-52-48-44-40-36-32-28-24-20-16-12-8-3)57-53-49-45-41-37-33-29-25-21-17-13-9-4/h59H,6-58H2,1-5H3. The lowest BCUT2D eigenvalue weighted by Crippen LogP contribution is -2.44. The molecule has 0 aromatic rings. The summed E-state index contributed by atoms with van der Waals surface area (Å²) in [6.45, 7) is 18.6. The van der Waals surface area contributed by atoms with Crippen LogP contribution < -0.4 is 0 Å². The monoisotopic (exact) mass is 859 g/mol. The molecule has 0 saturated carbocycles. The van der Waals surface area contributed by atoms with E-state index < -0.39 is 0 Å². The molecule has 0 N–H and O–H groups in total. The van der Waals surface area contributed by atoms with Crippen molar-refractivity contribution < 1.29 is 0 Å². The highest BCUT2D eigenvalue weighted by atomic mass is 15.2. The Kier molecular flexibility index (Phi) is 54.2. The normalized spacial score (nSPS) is 12.4. The van der Waals surface area contributed by atoms with Crippen LogP contribution in [0.4, 0.5) is 0 Å². The van der Waals surface area contributed by atoms with Crippen molar-refractivity contribution in [2.24, 2.45) is 0 Å². The Morgan fingerprint density at radius 1 is 0.213 bits per heavy atom. The van der Waals surface area contributed by atoms with Gasteiger partial charge in [-0.1, -0.05) is 310 Å². The van der Waals surface area contributed by atoms with E-state index in [2.05, 4.69) is 44.4 Å². The van der Waals surface area contributed by atoms with Crippen LogP contribution >= 0.6 is 0 Å². The molecule has 2 nitrogen and oxygen atoms in total. The lowest BCUT2D eigenvalue weighted by molar-refractivity contribution is 0.140. The first-order valence-electron chi connectivity index (χ1n) is 29.7. The summed E-state index contributed by atoms with van der Waals surface area (Å²) in [6.07, 6.45) is 69.7. The van der Waals surface area contributed by atoms with Crippen molar-refractivity contribution in [3.05, 3.63) is 0 Å². The van der Waals surface area contributed by atoms with Gasteiger partial charge in [-0.2, -0.15) is 0 Å². The molecule has 0 aliphatic heterocycles. The third-order valence-electron chi connectivity index (χ3n) is 14.4. The van der Waals surface area contributed by atoms with Crippen molar-refractivity contribution in [1.29, 1.82) is 0 Å². The van der Waals surface area contributed by atoms with E-state index in [1.807, 2.05) is 0 Å². The average Bonchev–Trinajstić information content (AvgIpc) is 3.26. The van der Waals surface area contributed by atoms with Gasteiger partial charge < -0.3 is 4.90 Å². The SMILES string of the molecule is CCCCCCCCCCCCCCN(CCCCCCCCCCCCCC)CC(C)N(CCCCCCCCCCCCCC)CCCCCCCCCCCCCC. The van der Waals surface area contributed by atoms with Crippen LogP contribution in [0.5, 0.6) is 0 Å². The zero-order valence-corrected chi connectivity index (χ0v) is 43.9. The predicted octanol–water partition coefficient (Wildman–Crippen LogP) is 20.8. The Bertz CT molecular complexity index is 695. The summed E-state index contributed by atoms with van der Waals surface area (Å²) in [5.41, 5.74) is 0. The van der Waals surface area contributed by atoms with Gasteiger partial charge in [-0.05, 0) is 58.8 Å². The van der Waals surface area contributed by atoms with Gasteiger partial charge in [-0.25, -0.2) is 0 Å². The largest absolute Gasteiger partial charge is 0.302 e. The smallest absolute Gasteiger partial charge is 0.0194 e. The minimum Gasteiger partial charge on any atom is -0.302 e. The molecule has 0 spiro atoms. The Morgan fingerprint density at radius 3 is 0.574 bits per heavy atom. The summed E-state index contributed by atoms with van der Waals surface area (Å²) in [7, 11) is 0. The Balaban J connectivity index is 4.89. The average molecular weight is 860 g/mol. The van der Waals surface area contributed by atoms with E-state index in [4.69, 9.17) is 0 Å². The number of hydrogen-bond acceptors (Lipinski definition) is 2. The predicted molar refractivity (Wildman–Crippen MR) is 282 cm³/mol. The molecule has 0 aromatic carbocycles. The second-order valence-corrected chi connectivity index (χ2v) is 20.7. The molecule has 1 unspecified atom stereocenters. The van der Waals surface area contributed by atoms with Gasteiger partial charge >= 0.3 is 0 Å². The zero-order valence-electron chi connectivity index (χ0n) is 43.9. The summed E-state index contributed by atoms with van der Waals surface area (Å²) in [4.78, 5) is 5.90. The number of nitrogens with zero attached hydrogens (tertiary/aromatic N) is 2. The molecule has 0 saturated heterocycles. The maximum Gasteiger partial charge on any atom is 0.0194 e. The van der Waals surface area contributed by atoms with Crippen molar-refractivity contribution in [3.8, 4) is 0 Å². The topological polar surface area (TPSA) is 6.48 Å². The first-order chi connectivity index (χ1) is 30.2. The van der Waals surface area contributed by atoms with E-state index in [1.165, 1.54) is 341 Å². The molecule has 0 aliphatic rings. The molecule has 368 valence electrons. The van der Waals surface area contributed by atoms with E-state index in [1.54, 1.807) is 0 Å². The van der Waals surface area contributed by atoms with E-state index in [0.29, 0.717) is 6.04 Å². The van der Waals surface area contributed by atoms with E-state index >= 15 is 0 Å². The Morgan fingerprint density at radius 2 is 0.377 bits per heavy atom. The highest BCUT2D eigenvalue weighted by Gasteiger charge is 2.17. The summed E-state index contributed by atoms with van der Waals surface area (Å²) in [5, 5.41) is 0. The van der Waals surface area contributed by atoms with Crippen LogP contribution in [0.25, 0.3) is 0 Å². The molecule has 0 fully saturated rings. The molecule has 0 aromatic heterocycles. The first-order valence-corrected chi connectivity index (χ1v) is 29.7. The van der Waals surface area contributed by atoms with Gasteiger partial charge in [0, 0.05) is 12.6 Å². The van der Waals surface area contributed by atoms with Crippen molar-refractivity contribution in [2.75, 3.05) is 32.7 Å². The fourth-order valence-electron chi connectivity index (χ4n) is 10.0. The Labute approximate surface area is 389 Å². The quantitative estimate of drug-likeness (QED) is 0.0562. The number of unbranched alkanes of at least 4 members (excludes halogenated alkanes) is 44. The molecule has 0 bridgehead atoms. The molecule has 2 heteroatoms. The van der Waals surface area contributed by atoms with Crippen molar-refractivity contribution in [3.63, 3.8) is 0 Å². The van der Waals surface area contributed by atoms with Crippen molar-refractivity contribution in [2.45, 2.75) is 349 Å². The first kappa shape index (κ1) is 60.9. The van der Waals surface area contributed by atoms with Crippen LogP contribution in [0.3, 0.4) is 0 Å². The van der Waals surface area contributed by atoms with Gasteiger partial charge in [-0.15, -0.1) is 0 Å². The highest BCUT2D eigenvalue weighted by Crippen LogP contribution is 2.18. The van der Waals surface area contributed by atoms with Gasteiger partial charge in [-0.3, -0.25) is 4.90 Å². The van der Waals surface area contributed by atoms with E-state index in [0.717, 1.165) is 0 Å². The van der Waals surface area contributed by atoms with Gasteiger partial charge in [0.1, 0.15) is 0 Å². The second kappa shape index (κ2) is 54.3. The molecule has 0 heterocycles. The number of rotatable bonds is 55. The van der Waals surface area contributed by atoms with Crippen LogP contribution in [0.2, 0.25) is 0 Å². The van der Waals surface area contributed by atoms with Crippen LogP contribution in [0.15, 0.2) is 0 Å². The fraction of sp³-hybridized carbons (Fsp3) is 1.00. The molecule has 0 aliphatic carbocycles. The third kappa shape index (κ3) is 49.2. The van der Waals surface area contributed by atoms with E-state index in [-0.39, 0.29) is 0 Å². The molecule has 61 heavy (non-hydrogen) atoms. The minimum atomic E-state index is 0.690. The lowest BCUT2D eigenvalue weighted by atomic mass is 10.0. The third-order valence-corrected chi connectivity index (χ3v) is 14.4. The molecular weight excluding hydrogens is 737 g/mol. The summed E-state index contributed by atoms with van der Waals surface area (Å²) in [6, 6.07) is 0.690. The molecule has 0 amide bonds. The molecule has 0 radical (unpaired) electrons. The van der Waals surface area contributed by atoms with Gasteiger partial charge in [0.15, 0.2) is 0 Å². The van der Waals surface area contributed by atoms with Crippen LogP contribution in [-0.4, -0.2) is 48.6 Å². The summed E-state index contributed by atoms with van der Waals surface area (Å²) in [5.74, 6) is 0. The molecule has 1 atom stereocenters. The Hall–Kier alpha value is -0.0800. The van der Waals surface area contributed by atoms with Gasteiger partial charge in [0.2, 0.25) is 0 Å². The van der Waals surface area contributed by atoms with Gasteiger partial charge in [0.05, 0.1) is 0 Å². The van der Waals surface area contributed by atoms with Gasteiger partial charge in [0.25, 0.3) is 0 Å². The van der Waals surface area contributed by atoms with Crippen molar-refractivity contribution in [1.82, 2.24) is 9.80 Å². The highest BCUT2D eigenvalue weighted by molar-refractivity contribution is 4.74. The van der Waals surface area contributed by atoms with Crippen LogP contribution in [0, 0.1) is 0 Å². The number of hydrogen-bond donors (Lipinski definition) is 0. The zero-order chi connectivity index (χ0) is 44.2. The van der Waals surface area contributed by atoms with Crippen LogP contribution in [-0.2, 0) is 0 Å². The molecule has 0 rings (SSSR count). The van der Waals surface area contributed by atoms with Crippen LogP contribution in [0.1, 0.15) is 343 Å². The maximum atomic E-state index is 2.96. The second-order valence-electron chi connectivity index (χ2n) is 20.7. The fourth-order valence-corrected chi connectivity index (χ4v) is 10.0. The summed E-state index contributed by atoms with van der Waals surface area (Å²) >= 11 is 0. The maximum absolute atomic E-state index is 2.96.